The van der Waals surface area contributed by atoms with Gasteiger partial charge in [0.15, 0.2) is 5.96 Å². The van der Waals surface area contributed by atoms with Crippen molar-refractivity contribution in [2.24, 2.45) is 10.9 Å². The fraction of sp³-hybridized carbons (Fsp3) is 0.762. The molecule has 0 amide bonds. The Morgan fingerprint density at radius 1 is 1.34 bits per heavy atom. The topological polar surface area (TPSA) is 58.1 Å². The number of halogens is 1. The first-order valence-corrected chi connectivity index (χ1v) is 11.6. The Labute approximate surface area is 196 Å². The summed E-state index contributed by atoms with van der Waals surface area (Å²) in [6.45, 7) is 8.00. The van der Waals surface area contributed by atoms with E-state index in [4.69, 9.17) is 14.5 Å². The number of rotatable bonds is 9. The number of hydrogen-bond acceptors (Lipinski definition) is 5. The Morgan fingerprint density at radius 3 is 2.97 bits per heavy atom. The minimum Gasteiger partial charge on any atom is -0.377 e. The van der Waals surface area contributed by atoms with Gasteiger partial charge in [-0.3, -0.25) is 9.89 Å². The van der Waals surface area contributed by atoms with Crippen molar-refractivity contribution in [3.8, 4) is 0 Å². The van der Waals surface area contributed by atoms with Crippen LogP contribution in [0.3, 0.4) is 0 Å². The Hall–Kier alpha value is -0.420. The number of ether oxygens (including phenoxy) is 2. The SMILES string of the molecule is CCNC(=NCC1CCCN(C)C1c1cccs1)NCCOCC1CCCO1.I. The minimum atomic E-state index is 0. The van der Waals surface area contributed by atoms with Crippen LogP contribution < -0.4 is 10.6 Å². The molecule has 0 aliphatic carbocycles. The van der Waals surface area contributed by atoms with Gasteiger partial charge < -0.3 is 20.1 Å². The third-order valence-electron chi connectivity index (χ3n) is 5.54. The molecule has 29 heavy (non-hydrogen) atoms. The highest BCUT2D eigenvalue weighted by Crippen LogP contribution is 2.37. The van der Waals surface area contributed by atoms with E-state index >= 15 is 0 Å². The lowest BCUT2D eigenvalue weighted by atomic mass is 9.88. The van der Waals surface area contributed by atoms with Gasteiger partial charge in [0.2, 0.25) is 0 Å². The predicted molar refractivity (Wildman–Crippen MR) is 132 cm³/mol. The van der Waals surface area contributed by atoms with Crippen LogP contribution in [0.5, 0.6) is 0 Å². The second-order valence-corrected chi connectivity index (χ2v) is 8.68. The van der Waals surface area contributed by atoms with Crippen molar-refractivity contribution in [1.82, 2.24) is 15.5 Å². The highest BCUT2D eigenvalue weighted by molar-refractivity contribution is 14.0. The van der Waals surface area contributed by atoms with Crippen molar-refractivity contribution >= 4 is 41.3 Å². The highest BCUT2D eigenvalue weighted by Gasteiger charge is 2.31. The van der Waals surface area contributed by atoms with Gasteiger partial charge in [-0.2, -0.15) is 0 Å². The van der Waals surface area contributed by atoms with Crippen LogP contribution in [-0.2, 0) is 9.47 Å². The summed E-state index contributed by atoms with van der Waals surface area (Å²) in [6.07, 6.45) is 5.06. The van der Waals surface area contributed by atoms with Crippen LogP contribution in [0, 0.1) is 5.92 Å². The van der Waals surface area contributed by atoms with E-state index in [1.165, 1.54) is 24.3 Å². The molecule has 3 rings (SSSR count). The third-order valence-corrected chi connectivity index (χ3v) is 6.48. The molecule has 1 aromatic heterocycles. The van der Waals surface area contributed by atoms with Crippen LogP contribution in [0.2, 0.25) is 0 Å². The molecule has 2 aliphatic heterocycles. The molecule has 1 aromatic rings. The Bertz CT molecular complexity index is 581. The number of thiophene rings is 1. The molecule has 3 heterocycles. The zero-order valence-corrected chi connectivity index (χ0v) is 20.9. The molecule has 0 radical (unpaired) electrons. The molecule has 0 aromatic carbocycles. The van der Waals surface area contributed by atoms with Crippen LogP contribution in [0.25, 0.3) is 0 Å². The van der Waals surface area contributed by atoms with Crippen molar-refractivity contribution in [3.05, 3.63) is 22.4 Å². The van der Waals surface area contributed by atoms with E-state index in [-0.39, 0.29) is 24.0 Å². The van der Waals surface area contributed by atoms with E-state index in [9.17, 15) is 0 Å². The predicted octanol–water partition coefficient (Wildman–Crippen LogP) is 3.50. The molecule has 166 valence electrons. The molecule has 3 unspecified atom stereocenters. The number of hydrogen-bond donors (Lipinski definition) is 2. The van der Waals surface area contributed by atoms with Crippen molar-refractivity contribution in [3.63, 3.8) is 0 Å². The van der Waals surface area contributed by atoms with Crippen LogP contribution in [-0.4, -0.2) is 70.0 Å². The van der Waals surface area contributed by atoms with Crippen LogP contribution in [0.15, 0.2) is 22.5 Å². The van der Waals surface area contributed by atoms with Crippen molar-refractivity contribution in [1.29, 1.82) is 0 Å². The van der Waals surface area contributed by atoms with Crippen molar-refractivity contribution in [2.45, 2.75) is 44.8 Å². The van der Waals surface area contributed by atoms with E-state index < -0.39 is 0 Å². The Kier molecular flexibility index (Phi) is 11.8. The maximum Gasteiger partial charge on any atom is 0.191 e. The lowest BCUT2D eigenvalue weighted by molar-refractivity contribution is 0.0191. The average Bonchev–Trinajstić information content (AvgIpc) is 3.40. The van der Waals surface area contributed by atoms with Gasteiger partial charge >= 0.3 is 0 Å². The summed E-state index contributed by atoms with van der Waals surface area (Å²) in [5.41, 5.74) is 0. The second-order valence-electron chi connectivity index (χ2n) is 7.70. The molecule has 2 saturated heterocycles. The summed E-state index contributed by atoms with van der Waals surface area (Å²) in [5, 5.41) is 8.95. The van der Waals surface area contributed by atoms with Crippen molar-refractivity contribution in [2.75, 3.05) is 53.0 Å². The quantitative estimate of drug-likeness (QED) is 0.219. The Balaban J connectivity index is 0.00000300. The van der Waals surface area contributed by atoms with Gasteiger partial charge in [0.1, 0.15) is 0 Å². The lowest BCUT2D eigenvalue weighted by Crippen LogP contribution is -2.41. The Morgan fingerprint density at radius 2 is 2.24 bits per heavy atom. The molecule has 2 aliphatic rings. The van der Waals surface area contributed by atoms with Crippen molar-refractivity contribution < 1.29 is 9.47 Å². The van der Waals surface area contributed by atoms with Crippen LogP contribution >= 0.6 is 35.3 Å². The number of nitrogens with one attached hydrogen (secondary N) is 2. The lowest BCUT2D eigenvalue weighted by Gasteiger charge is -2.38. The van der Waals surface area contributed by atoms with Gasteiger partial charge in [0.05, 0.1) is 19.3 Å². The summed E-state index contributed by atoms with van der Waals surface area (Å²) < 4.78 is 11.3. The van der Waals surface area contributed by atoms with E-state index in [0.29, 0.717) is 31.3 Å². The minimum absolute atomic E-state index is 0. The highest BCUT2D eigenvalue weighted by atomic mass is 127. The van der Waals surface area contributed by atoms with Gasteiger partial charge in [-0.15, -0.1) is 35.3 Å². The van der Waals surface area contributed by atoms with Gasteiger partial charge in [0.25, 0.3) is 0 Å². The zero-order valence-electron chi connectivity index (χ0n) is 17.8. The molecule has 2 fully saturated rings. The molecular formula is C21H37IN4O2S. The molecule has 2 N–H and O–H groups in total. The summed E-state index contributed by atoms with van der Waals surface area (Å²) in [6, 6.07) is 4.91. The number of nitrogens with zero attached hydrogens (tertiary/aromatic N) is 2. The average molecular weight is 537 g/mol. The summed E-state index contributed by atoms with van der Waals surface area (Å²) in [4.78, 5) is 8.85. The summed E-state index contributed by atoms with van der Waals surface area (Å²) in [7, 11) is 2.25. The summed E-state index contributed by atoms with van der Waals surface area (Å²) >= 11 is 1.86. The fourth-order valence-electron chi connectivity index (χ4n) is 4.14. The molecule has 0 spiro atoms. The van der Waals surface area contributed by atoms with E-state index in [1.807, 2.05) is 11.3 Å². The monoisotopic (exact) mass is 536 g/mol. The second kappa shape index (κ2) is 13.8. The maximum absolute atomic E-state index is 5.75. The number of guanidine groups is 1. The molecule has 6 nitrogen and oxygen atoms in total. The zero-order chi connectivity index (χ0) is 19.6. The van der Waals surface area contributed by atoms with Crippen LogP contribution in [0.4, 0.5) is 0 Å². The fourth-order valence-corrected chi connectivity index (χ4v) is 5.13. The normalized spacial score (nSPS) is 25.6. The molecule has 0 saturated carbocycles. The first-order chi connectivity index (χ1) is 13.8. The first kappa shape index (κ1) is 24.8. The van der Waals surface area contributed by atoms with Gasteiger partial charge in [-0.1, -0.05) is 6.07 Å². The smallest absolute Gasteiger partial charge is 0.191 e. The molecular weight excluding hydrogens is 499 g/mol. The molecule has 0 bridgehead atoms. The van der Waals surface area contributed by atoms with E-state index in [2.05, 4.69) is 47.0 Å². The van der Waals surface area contributed by atoms with Crippen LogP contribution in [0.1, 0.15) is 43.5 Å². The van der Waals surface area contributed by atoms with E-state index in [1.54, 1.807) is 0 Å². The van der Waals surface area contributed by atoms with Gasteiger partial charge in [-0.25, -0.2) is 0 Å². The standard InChI is InChI=1S/C21H36N4O2S.HI/c1-3-22-21(23-10-13-26-16-18-8-5-12-27-18)24-15-17-7-4-11-25(2)20(17)19-9-6-14-28-19;/h6,9,14,17-18,20H,3-5,7-8,10-13,15-16H2,1-2H3,(H2,22,23,24);1H. The van der Waals surface area contributed by atoms with E-state index in [0.717, 1.165) is 45.0 Å². The summed E-state index contributed by atoms with van der Waals surface area (Å²) in [5.74, 6) is 1.45. The number of likely N-dealkylation sites (tertiary alicyclic amines) is 1. The van der Waals surface area contributed by atoms with Gasteiger partial charge in [0, 0.05) is 37.2 Å². The number of aliphatic imine (C=N–C) groups is 1. The maximum atomic E-state index is 5.75. The molecule has 3 atom stereocenters. The largest absolute Gasteiger partial charge is 0.377 e. The first-order valence-electron chi connectivity index (χ1n) is 10.7. The number of piperidine rings is 1. The third kappa shape index (κ3) is 7.97. The molecule has 8 heteroatoms. The van der Waals surface area contributed by atoms with Gasteiger partial charge in [-0.05, 0) is 63.6 Å².